The van der Waals surface area contributed by atoms with Crippen LogP contribution >= 0.6 is 0 Å². The molecule has 1 unspecified atom stereocenters. The average Bonchev–Trinajstić information content (AvgIpc) is 2.03. The fraction of sp³-hybridized carbons (Fsp3) is 0.875. The molecule has 0 radical (unpaired) electrons. The van der Waals surface area contributed by atoms with Crippen molar-refractivity contribution in [2.45, 2.75) is 39.7 Å². The van der Waals surface area contributed by atoms with E-state index in [0.29, 0.717) is 12.8 Å². The van der Waals surface area contributed by atoms with Gasteiger partial charge in [0.05, 0.1) is 0 Å². The predicted octanol–water partition coefficient (Wildman–Crippen LogP) is 1.92. The molecule has 0 saturated carbocycles. The van der Waals surface area contributed by atoms with Crippen LogP contribution in [0.4, 0.5) is 0 Å². The van der Waals surface area contributed by atoms with Crippen molar-refractivity contribution in [1.82, 2.24) is 0 Å². The van der Waals surface area contributed by atoms with Gasteiger partial charge in [0, 0.05) is 17.3 Å². The van der Waals surface area contributed by atoms with Crippen molar-refractivity contribution < 1.29 is 10.1 Å². The Labute approximate surface area is 77.6 Å². The van der Waals surface area contributed by atoms with Gasteiger partial charge >= 0.3 is 0 Å². The summed E-state index contributed by atoms with van der Waals surface area (Å²) in [5, 5.41) is 22.2. The minimum atomic E-state index is -0.838. The second-order valence-corrected chi connectivity index (χ2v) is 3.27. The van der Waals surface area contributed by atoms with Crippen LogP contribution in [0, 0.1) is 16.0 Å². The highest BCUT2D eigenvalue weighted by Crippen LogP contribution is 2.10. The molecular weight excluding hydrogens is 172 g/mol. The van der Waals surface area contributed by atoms with Gasteiger partial charge < -0.3 is 5.21 Å². The molecule has 0 bridgehead atoms. The van der Waals surface area contributed by atoms with E-state index in [9.17, 15) is 10.1 Å². The highest BCUT2D eigenvalue weighted by atomic mass is 16.6. The third-order valence-corrected chi connectivity index (χ3v) is 1.87. The largest absolute Gasteiger partial charge is 0.411 e. The van der Waals surface area contributed by atoms with Crippen molar-refractivity contribution in [3.05, 3.63) is 10.1 Å². The van der Waals surface area contributed by atoms with E-state index >= 15 is 0 Å². The molecule has 0 aliphatic heterocycles. The number of nitrogens with zero attached hydrogens (tertiary/aromatic N) is 2. The summed E-state index contributed by atoms with van der Waals surface area (Å²) in [6.07, 6.45) is 1.13. The van der Waals surface area contributed by atoms with Gasteiger partial charge in [-0.15, -0.1) is 0 Å². The van der Waals surface area contributed by atoms with Crippen LogP contribution in [0.25, 0.3) is 0 Å². The van der Waals surface area contributed by atoms with Crippen molar-refractivity contribution >= 4 is 5.71 Å². The van der Waals surface area contributed by atoms with Gasteiger partial charge in [-0.2, -0.15) is 0 Å². The summed E-state index contributed by atoms with van der Waals surface area (Å²) in [6.45, 7) is 5.42. The molecule has 0 aromatic heterocycles. The molecule has 0 fully saturated rings. The van der Waals surface area contributed by atoms with Gasteiger partial charge in [0.25, 0.3) is 6.04 Å². The SMILES string of the molecule is CCCC(/C(=N/O)C(C)C)[N+](=O)[O-]. The Morgan fingerprint density at radius 1 is 1.62 bits per heavy atom. The van der Waals surface area contributed by atoms with E-state index in [2.05, 4.69) is 5.16 Å². The second kappa shape index (κ2) is 5.50. The molecule has 5 nitrogen and oxygen atoms in total. The Morgan fingerprint density at radius 3 is 2.38 bits per heavy atom. The van der Waals surface area contributed by atoms with Gasteiger partial charge in [-0.25, -0.2) is 0 Å². The maximum atomic E-state index is 10.6. The van der Waals surface area contributed by atoms with Crippen molar-refractivity contribution in [1.29, 1.82) is 0 Å². The molecule has 0 spiro atoms. The summed E-state index contributed by atoms with van der Waals surface area (Å²) in [7, 11) is 0. The molecule has 0 aliphatic carbocycles. The minimum absolute atomic E-state index is 0.0908. The van der Waals surface area contributed by atoms with E-state index in [-0.39, 0.29) is 11.6 Å². The molecular formula is C8H16N2O3. The zero-order valence-electron chi connectivity index (χ0n) is 8.23. The second-order valence-electron chi connectivity index (χ2n) is 3.27. The number of hydrogen-bond acceptors (Lipinski definition) is 4. The molecule has 0 heterocycles. The first-order chi connectivity index (χ1) is 6.04. The quantitative estimate of drug-likeness (QED) is 0.310. The highest BCUT2D eigenvalue weighted by Gasteiger charge is 2.28. The Balaban J connectivity index is 4.60. The Hall–Kier alpha value is -1.13. The van der Waals surface area contributed by atoms with Crippen LogP contribution in [0.15, 0.2) is 5.16 Å². The van der Waals surface area contributed by atoms with Crippen LogP contribution in [0.5, 0.6) is 0 Å². The van der Waals surface area contributed by atoms with Gasteiger partial charge in [-0.1, -0.05) is 25.9 Å². The normalized spacial score (nSPS) is 14.6. The molecule has 0 aliphatic rings. The van der Waals surface area contributed by atoms with Gasteiger partial charge in [-0.05, 0) is 6.42 Å². The topological polar surface area (TPSA) is 75.7 Å². The fourth-order valence-corrected chi connectivity index (χ4v) is 1.20. The average molecular weight is 188 g/mol. The first-order valence-corrected chi connectivity index (χ1v) is 4.39. The molecule has 1 atom stereocenters. The van der Waals surface area contributed by atoms with Crippen molar-refractivity contribution in [3.63, 3.8) is 0 Å². The number of nitro groups is 1. The first-order valence-electron chi connectivity index (χ1n) is 4.39. The maximum Gasteiger partial charge on any atom is 0.254 e. The Kier molecular flexibility index (Phi) is 5.03. The number of hydrogen-bond donors (Lipinski definition) is 1. The maximum absolute atomic E-state index is 10.6. The van der Waals surface area contributed by atoms with E-state index in [4.69, 9.17) is 5.21 Å². The third kappa shape index (κ3) is 3.40. The fourth-order valence-electron chi connectivity index (χ4n) is 1.20. The Morgan fingerprint density at radius 2 is 2.15 bits per heavy atom. The third-order valence-electron chi connectivity index (χ3n) is 1.87. The van der Waals surface area contributed by atoms with Gasteiger partial charge in [0.2, 0.25) is 0 Å². The van der Waals surface area contributed by atoms with E-state index in [1.807, 2.05) is 6.92 Å². The van der Waals surface area contributed by atoms with E-state index in [0.717, 1.165) is 0 Å². The van der Waals surface area contributed by atoms with Crippen LogP contribution in [-0.4, -0.2) is 21.9 Å². The zero-order chi connectivity index (χ0) is 10.4. The van der Waals surface area contributed by atoms with Crippen molar-refractivity contribution in [3.8, 4) is 0 Å². The molecule has 5 heteroatoms. The summed E-state index contributed by atoms with van der Waals surface area (Å²) in [5.74, 6) is -0.0908. The van der Waals surface area contributed by atoms with E-state index < -0.39 is 11.0 Å². The molecule has 76 valence electrons. The summed E-state index contributed by atoms with van der Waals surface area (Å²) in [6, 6.07) is -0.838. The van der Waals surface area contributed by atoms with Crippen molar-refractivity contribution in [2.24, 2.45) is 11.1 Å². The van der Waals surface area contributed by atoms with Crippen LogP contribution in [-0.2, 0) is 0 Å². The molecule has 1 N–H and O–H groups in total. The van der Waals surface area contributed by atoms with Gasteiger partial charge in [-0.3, -0.25) is 10.1 Å². The van der Waals surface area contributed by atoms with E-state index in [1.54, 1.807) is 13.8 Å². The lowest BCUT2D eigenvalue weighted by Gasteiger charge is -2.12. The molecule has 0 rings (SSSR count). The van der Waals surface area contributed by atoms with Crippen LogP contribution < -0.4 is 0 Å². The molecule has 0 aromatic carbocycles. The smallest absolute Gasteiger partial charge is 0.254 e. The van der Waals surface area contributed by atoms with Crippen LogP contribution in [0.2, 0.25) is 0 Å². The van der Waals surface area contributed by atoms with Crippen LogP contribution in [0.1, 0.15) is 33.6 Å². The van der Waals surface area contributed by atoms with Crippen LogP contribution in [0.3, 0.4) is 0 Å². The predicted molar refractivity (Wildman–Crippen MR) is 49.7 cm³/mol. The molecule has 0 aromatic rings. The van der Waals surface area contributed by atoms with Crippen molar-refractivity contribution in [2.75, 3.05) is 0 Å². The standard InChI is InChI=1S/C8H16N2O3/c1-4-5-7(10(12)13)8(9-11)6(2)3/h6-7,11H,4-5H2,1-3H3/b9-8+. The lowest BCUT2D eigenvalue weighted by molar-refractivity contribution is -0.504. The Bertz CT molecular complexity index is 202. The minimum Gasteiger partial charge on any atom is -0.411 e. The monoisotopic (exact) mass is 188 g/mol. The molecule has 13 heavy (non-hydrogen) atoms. The summed E-state index contributed by atoms with van der Waals surface area (Å²) in [5.41, 5.74) is 0.256. The summed E-state index contributed by atoms with van der Waals surface area (Å²) in [4.78, 5) is 10.2. The zero-order valence-corrected chi connectivity index (χ0v) is 8.23. The summed E-state index contributed by atoms with van der Waals surface area (Å²) < 4.78 is 0. The van der Waals surface area contributed by atoms with Gasteiger partial charge in [0.15, 0.2) is 0 Å². The number of oxime groups is 1. The lowest BCUT2D eigenvalue weighted by Crippen LogP contribution is -2.32. The van der Waals surface area contributed by atoms with Gasteiger partial charge in [0.1, 0.15) is 5.71 Å². The lowest BCUT2D eigenvalue weighted by atomic mass is 9.98. The highest BCUT2D eigenvalue weighted by molar-refractivity contribution is 5.89. The molecule has 0 amide bonds. The first kappa shape index (κ1) is 11.9. The molecule has 0 saturated heterocycles. The summed E-state index contributed by atoms with van der Waals surface area (Å²) >= 11 is 0. The van der Waals surface area contributed by atoms with E-state index in [1.165, 1.54) is 0 Å². The number of rotatable bonds is 5.